The highest BCUT2D eigenvalue weighted by atomic mass is 32.2. The lowest BCUT2D eigenvalue weighted by Crippen LogP contribution is -2.26. The number of hydrogen-bond donors (Lipinski definition) is 1. The molecule has 0 aliphatic carbocycles. The van der Waals surface area contributed by atoms with Crippen molar-refractivity contribution < 1.29 is 13.3 Å². The molecule has 0 spiro atoms. The summed E-state index contributed by atoms with van der Waals surface area (Å²) < 4.78 is 30.1. The Labute approximate surface area is 139 Å². The van der Waals surface area contributed by atoms with Gasteiger partial charge in [0.25, 0.3) is 0 Å². The molecule has 11 heteroatoms. The van der Waals surface area contributed by atoms with Crippen molar-refractivity contribution in [3.8, 4) is 0 Å². The third kappa shape index (κ3) is 3.97. The molecule has 2 heterocycles. The number of nitro groups is 1. The first-order valence-electron chi connectivity index (χ1n) is 7.47. The normalized spacial score (nSPS) is 11.8. The number of hydrogen-bond acceptors (Lipinski definition) is 6. The predicted octanol–water partition coefficient (Wildman–Crippen LogP) is 0.993. The Balaban J connectivity index is 1.94. The summed E-state index contributed by atoms with van der Waals surface area (Å²) in [6.07, 6.45) is 1.96. The molecule has 1 N–H and O–H groups in total. The predicted molar refractivity (Wildman–Crippen MR) is 86.1 cm³/mol. The van der Waals surface area contributed by atoms with Crippen molar-refractivity contribution >= 4 is 15.8 Å². The second-order valence-corrected chi connectivity index (χ2v) is 7.05. The molecular weight excluding hydrogens is 336 g/mol. The number of aryl methyl sites for hydroxylation is 4. The summed E-state index contributed by atoms with van der Waals surface area (Å²) in [6.45, 7) is 6.41. The molecule has 0 radical (unpaired) electrons. The van der Waals surface area contributed by atoms with Gasteiger partial charge in [0, 0.05) is 19.3 Å². The minimum atomic E-state index is -3.62. The molecule has 2 rings (SSSR count). The lowest BCUT2D eigenvalue weighted by atomic mass is 10.4. The third-order valence-corrected chi connectivity index (χ3v) is 5.07. The van der Waals surface area contributed by atoms with Crippen LogP contribution < -0.4 is 4.72 Å². The molecule has 10 nitrogen and oxygen atoms in total. The smallest absolute Gasteiger partial charge is 0.358 e. The van der Waals surface area contributed by atoms with Gasteiger partial charge in [-0.2, -0.15) is 9.78 Å². The highest BCUT2D eigenvalue weighted by Gasteiger charge is 2.20. The lowest BCUT2D eigenvalue weighted by molar-refractivity contribution is -0.389. The van der Waals surface area contributed by atoms with E-state index in [2.05, 4.69) is 14.9 Å². The maximum absolute atomic E-state index is 12.3. The van der Waals surface area contributed by atoms with Crippen LogP contribution in [0.5, 0.6) is 0 Å². The van der Waals surface area contributed by atoms with Crippen LogP contribution in [0.1, 0.15) is 24.7 Å². The van der Waals surface area contributed by atoms with Crippen molar-refractivity contribution in [2.45, 2.75) is 45.2 Å². The van der Waals surface area contributed by atoms with E-state index in [1.807, 2.05) is 6.92 Å². The summed E-state index contributed by atoms with van der Waals surface area (Å²) in [5, 5.41) is 18.7. The van der Waals surface area contributed by atoms with Crippen LogP contribution in [-0.4, -0.2) is 39.4 Å². The van der Waals surface area contributed by atoms with Crippen LogP contribution in [0.2, 0.25) is 0 Å². The topological polar surface area (TPSA) is 125 Å². The molecule has 0 aromatic carbocycles. The van der Waals surface area contributed by atoms with E-state index in [0.717, 1.165) is 0 Å². The number of sulfonamides is 1. The van der Waals surface area contributed by atoms with Crippen molar-refractivity contribution in [2.24, 2.45) is 0 Å². The summed E-state index contributed by atoms with van der Waals surface area (Å²) in [7, 11) is -3.62. The van der Waals surface area contributed by atoms with Gasteiger partial charge in [0.05, 0.1) is 29.1 Å². The SMILES string of the molecule is CCn1cc(S(=O)(=O)NCCCn2nc([N+](=O)[O-])cc2C)c(C)n1. The van der Waals surface area contributed by atoms with Gasteiger partial charge in [-0.3, -0.25) is 4.68 Å². The van der Waals surface area contributed by atoms with E-state index < -0.39 is 14.9 Å². The Morgan fingerprint density at radius 3 is 2.58 bits per heavy atom. The number of aromatic nitrogens is 4. The monoisotopic (exact) mass is 356 g/mol. The van der Waals surface area contributed by atoms with E-state index in [0.29, 0.717) is 30.9 Å². The first-order valence-corrected chi connectivity index (χ1v) is 8.95. The molecule has 0 aliphatic heterocycles. The number of nitrogens with one attached hydrogen (secondary N) is 1. The van der Waals surface area contributed by atoms with Crippen molar-refractivity contribution in [3.63, 3.8) is 0 Å². The van der Waals surface area contributed by atoms with Gasteiger partial charge < -0.3 is 10.1 Å². The Kier molecular flexibility index (Phi) is 5.34. The number of nitrogens with zero attached hydrogens (tertiary/aromatic N) is 5. The van der Waals surface area contributed by atoms with E-state index in [1.54, 1.807) is 18.5 Å². The summed E-state index contributed by atoms with van der Waals surface area (Å²) in [4.78, 5) is 10.3. The summed E-state index contributed by atoms with van der Waals surface area (Å²) in [6, 6.07) is 1.38. The van der Waals surface area contributed by atoms with Gasteiger partial charge in [0.1, 0.15) is 4.90 Å². The van der Waals surface area contributed by atoms with Gasteiger partial charge in [-0.1, -0.05) is 0 Å². The molecule has 132 valence electrons. The summed E-state index contributed by atoms with van der Waals surface area (Å²) >= 11 is 0. The zero-order valence-electron chi connectivity index (χ0n) is 13.8. The zero-order valence-corrected chi connectivity index (χ0v) is 14.6. The first-order chi connectivity index (χ1) is 11.2. The minimum absolute atomic E-state index is 0.162. The van der Waals surface area contributed by atoms with Crippen molar-refractivity contribution in [1.82, 2.24) is 24.3 Å². The van der Waals surface area contributed by atoms with E-state index in [9.17, 15) is 18.5 Å². The molecule has 0 fully saturated rings. The average Bonchev–Trinajstić information content (AvgIpc) is 3.07. The minimum Gasteiger partial charge on any atom is -0.358 e. The van der Waals surface area contributed by atoms with Crippen LogP contribution in [-0.2, 0) is 23.1 Å². The second kappa shape index (κ2) is 7.09. The fourth-order valence-corrected chi connectivity index (χ4v) is 3.51. The fourth-order valence-electron chi connectivity index (χ4n) is 2.25. The molecule has 24 heavy (non-hydrogen) atoms. The van der Waals surface area contributed by atoms with Crippen LogP contribution in [0.3, 0.4) is 0 Å². The van der Waals surface area contributed by atoms with E-state index >= 15 is 0 Å². The van der Waals surface area contributed by atoms with Gasteiger partial charge in [0.2, 0.25) is 10.0 Å². The summed E-state index contributed by atoms with van der Waals surface area (Å²) in [5.41, 5.74) is 1.10. The lowest BCUT2D eigenvalue weighted by Gasteiger charge is -2.05. The van der Waals surface area contributed by atoms with E-state index in [-0.39, 0.29) is 17.3 Å². The molecular formula is C13H20N6O4S. The van der Waals surface area contributed by atoms with Gasteiger partial charge in [-0.25, -0.2) is 13.1 Å². The van der Waals surface area contributed by atoms with Crippen LogP contribution >= 0.6 is 0 Å². The van der Waals surface area contributed by atoms with Gasteiger partial charge in [0.15, 0.2) is 0 Å². The second-order valence-electron chi connectivity index (χ2n) is 5.31. The van der Waals surface area contributed by atoms with Gasteiger partial charge in [-0.15, -0.1) is 0 Å². The molecule has 0 unspecified atom stereocenters. The highest BCUT2D eigenvalue weighted by molar-refractivity contribution is 7.89. The molecule has 0 bridgehead atoms. The van der Waals surface area contributed by atoms with Crippen LogP contribution in [0, 0.1) is 24.0 Å². The Morgan fingerprint density at radius 2 is 2.04 bits per heavy atom. The quantitative estimate of drug-likeness (QED) is 0.427. The van der Waals surface area contributed by atoms with Gasteiger partial charge >= 0.3 is 5.82 Å². The highest BCUT2D eigenvalue weighted by Crippen LogP contribution is 2.13. The molecule has 0 saturated carbocycles. The fraction of sp³-hybridized carbons (Fsp3) is 0.538. The maximum atomic E-state index is 12.3. The van der Waals surface area contributed by atoms with E-state index in [4.69, 9.17) is 0 Å². The summed E-state index contributed by atoms with van der Waals surface area (Å²) in [5.74, 6) is -0.212. The Morgan fingerprint density at radius 1 is 1.33 bits per heavy atom. The molecule has 2 aromatic heterocycles. The standard InChI is InChI=1S/C13H20N6O4S/c1-4-17-9-12(11(3)15-17)24(22,23)14-6-5-7-18-10(2)8-13(16-18)19(20)21/h8-9,14H,4-7H2,1-3H3. The molecule has 2 aromatic rings. The number of rotatable bonds is 8. The van der Waals surface area contributed by atoms with Crippen molar-refractivity contribution in [1.29, 1.82) is 0 Å². The molecule has 0 aliphatic rings. The average molecular weight is 356 g/mol. The van der Waals surface area contributed by atoms with Crippen molar-refractivity contribution in [2.75, 3.05) is 6.54 Å². The van der Waals surface area contributed by atoms with Crippen LogP contribution in [0.4, 0.5) is 5.82 Å². The third-order valence-electron chi connectivity index (χ3n) is 3.51. The molecule has 0 atom stereocenters. The maximum Gasteiger partial charge on any atom is 0.390 e. The Hall–Kier alpha value is -2.27. The Bertz CT molecular complexity index is 839. The van der Waals surface area contributed by atoms with Crippen LogP contribution in [0.15, 0.2) is 17.2 Å². The molecule has 0 amide bonds. The zero-order chi connectivity index (χ0) is 17.9. The van der Waals surface area contributed by atoms with E-state index in [1.165, 1.54) is 16.9 Å². The molecule has 0 saturated heterocycles. The van der Waals surface area contributed by atoms with Gasteiger partial charge in [-0.05, 0) is 32.1 Å². The first kappa shape index (κ1) is 18.1. The largest absolute Gasteiger partial charge is 0.390 e. The van der Waals surface area contributed by atoms with Crippen LogP contribution in [0.25, 0.3) is 0 Å². The van der Waals surface area contributed by atoms with Crippen molar-refractivity contribution in [3.05, 3.63) is 33.8 Å².